The van der Waals surface area contributed by atoms with Crippen molar-refractivity contribution in [1.29, 1.82) is 0 Å². The highest BCUT2D eigenvalue weighted by Gasteiger charge is 2.34. The van der Waals surface area contributed by atoms with Crippen molar-refractivity contribution in [2.75, 3.05) is 31.1 Å². The maximum atomic E-state index is 4.87. The number of benzene rings is 1. The molecular formula is C20H20N6S. The summed E-state index contributed by atoms with van der Waals surface area (Å²) in [6.07, 6.45) is 3.85. The first-order valence-electron chi connectivity index (χ1n) is 9.53. The molecule has 6 nitrogen and oxygen atoms in total. The van der Waals surface area contributed by atoms with Crippen LogP contribution in [-0.4, -0.2) is 45.8 Å². The number of hydrogen-bond donors (Lipinski definition) is 1. The fourth-order valence-corrected chi connectivity index (χ4v) is 5.26. The van der Waals surface area contributed by atoms with Crippen molar-refractivity contribution < 1.29 is 0 Å². The Balaban J connectivity index is 1.36. The summed E-state index contributed by atoms with van der Waals surface area (Å²) in [5.74, 6) is 1.74. The van der Waals surface area contributed by atoms with Crippen LogP contribution >= 0.6 is 11.3 Å². The lowest BCUT2D eigenvalue weighted by Crippen LogP contribution is -2.46. The van der Waals surface area contributed by atoms with Crippen LogP contribution in [0.15, 0.2) is 36.5 Å². The Labute approximate surface area is 160 Å². The van der Waals surface area contributed by atoms with Gasteiger partial charge in [0.25, 0.3) is 0 Å². The quantitative estimate of drug-likeness (QED) is 0.583. The minimum absolute atomic E-state index is 0.501. The van der Waals surface area contributed by atoms with Gasteiger partial charge in [-0.3, -0.25) is 0 Å². The summed E-state index contributed by atoms with van der Waals surface area (Å²) in [4.78, 5) is 12.2. The minimum atomic E-state index is 0.501. The van der Waals surface area contributed by atoms with E-state index < -0.39 is 0 Å². The molecule has 1 saturated heterocycles. The number of nitrogens with one attached hydrogen (secondary N) is 1. The predicted octanol–water partition coefficient (Wildman–Crippen LogP) is 2.63. The van der Waals surface area contributed by atoms with Gasteiger partial charge in [0.2, 0.25) is 0 Å². The van der Waals surface area contributed by atoms with Gasteiger partial charge in [0.05, 0.1) is 22.1 Å². The Morgan fingerprint density at radius 2 is 1.93 bits per heavy atom. The highest BCUT2D eigenvalue weighted by Crippen LogP contribution is 2.37. The maximum absolute atomic E-state index is 4.87. The number of hydrogen-bond acceptors (Lipinski definition) is 6. The molecule has 1 N–H and O–H groups in total. The van der Waals surface area contributed by atoms with Crippen LogP contribution < -0.4 is 10.2 Å². The monoisotopic (exact) mass is 376 g/mol. The number of nitrogens with zero attached hydrogens (tertiary/aromatic N) is 5. The van der Waals surface area contributed by atoms with Crippen LogP contribution in [0.3, 0.4) is 0 Å². The van der Waals surface area contributed by atoms with Crippen LogP contribution in [0.1, 0.15) is 22.2 Å². The second-order valence-corrected chi connectivity index (χ2v) is 8.40. The van der Waals surface area contributed by atoms with Gasteiger partial charge in [-0.25, -0.2) is 9.97 Å². The number of fused-ring (bicyclic) bond motifs is 3. The molecule has 0 aliphatic carbocycles. The first kappa shape index (κ1) is 15.5. The molecule has 0 radical (unpaired) electrons. The minimum Gasteiger partial charge on any atom is -0.355 e. The summed E-state index contributed by atoms with van der Waals surface area (Å²) < 4.78 is 3.31. The van der Waals surface area contributed by atoms with Gasteiger partial charge < -0.3 is 10.2 Å². The molecule has 0 spiro atoms. The van der Waals surface area contributed by atoms with Gasteiger partial charge in [-0.05, 0) is 25.1 Å². The Morgan fingerprint density at radius 1 is 1.04 bits per heavy atom. The van der Waals surface area contributed by atoms with Gasteiger partial charge in [-0.15, -0.1) is 11.3 Å². The van der Waals surface area contributed by atoms with Crippen LogP contribution in [0, 0.1) is 0 Å². The van der Waals surface area contributed by atoms with E-state index in [9.17, 15) is 0 Å². The third kappa shape index (κ3) is 2.45. The van der Waals surface area contributed by atoms with Crippen LogP contribution in [0.25, 0.3) is 15.9 Å². The molecule has 5 heterocycles. The van der Waals surface area contributed by atoms with Crippen molar-refractivity contribution in [3.8, 4) is 0 Å². The number of rotatable bonds is 2. The largest absolute Gasteiger partial charge is 0.355 e. The van der Waals surface area contributed by atoms with E-state index in [-0.39, 0.29) is 0 Å². The molecule has 1 aromatic carbocycles. The molecule has 7 heteroatoms. The van der Waals surface area contributed by atoms with E-state index in [0.29, 0.717) is 5.92 Å². The summed E-state index contributed by atoms with van der Waals surface area (Å²) in [5, 5.41) is 9.32. The van der Waals surface area contributed by atoms with Crippen molar-refractivity contribution in [3.05, 3.63) is 52.8 Å². The summed E-state index contributed by atoms with van der Waals surface area (Å²) >= 11 is 1.83. The zero-order chi connectivity index (χ0) is 17.8. The average Bonchev–Trinajstić information content (AvgIpc) is 3.21. The molecular weight excluding hydrogens is 356 g/mol. The standard InChI is InChI=1S/C20H20N6S/c1-2-4-17-16(3-1)24-19(27-17)13-11-25(12-13)20-14-5-8-21-9-6-15(14)23-18-7-10-22-26(18)20/h1-4,7,10,13,21H,5-6,8-9,11-12H2. The van der Waals surface area contributed by atoms with Gasteiger partial charge in [0, 0.05) is 43.6 Å². The van der Waals surface area contributed by atoms with Gasteiger partial charge in [0.1, 0.15) is 10.8 Å². The molecule has 1 fully saturated rings. The molecule has 27 heavy (non-hydrogen) atoms. The zero-order valence-corrected chi connectivity index (χ0v) is 15.7. The van der Waals surface area contributed by atoms with Crippen LogP contribution in [-0.2, 0) is 12.8 Å². The molecule has 0 amide bonds. The van der Waals surface area contributed by atoms with E-state index in [0.717, 1.165) is 50.2 Å². The van der Waals surface area contributed by atoms with Crippen molar-refractivity contribution >= 4 is 33.0 Å². The first-order valence-corrected chi connectivity index (χ1v) is 10.3. The third-order valence-corrected chi connectivity index (χ3v) is 6.82. The van der Waals surface area contributed by atoms with E-state index in [4.69, 9.17) is 9.97 Å². The summed E-state index contributed by atoms with van der Waals surface area (Å²) in [6.45, 7) is 4.00. The van der Waals surface area contributed by atoms with Crippen LogP contribution in [0.4, 0.5) is 5.82 Å². The third-order valence-electron chi connectivity index (χ3n) is 5.62. The molecule has 0 bridgehead atoms. The van der Waals surface area contributed by atoms with Crippen LogP contribution in [0.2, 0.25) is 0 Å². The lowest BCUT2D eigenvalue weighted by atomic mass is 9.99. The Kier molecular flexibility index (Phi) is 3.45. The van der Waals surface area contributed by atoms with Crippen LogP contribution in [0.5, 0.6) is 0 Å². The first-order chi connectivity index (χ1) is 13.4. The van der Waals surface area contributed by atoms with Crippen molar-refractivity contribution in [1.82, 2.24) is 24.9 Å². The Bertz CT molecular complexity index is 1110. The molecule has 6 rings (SSSR count). The second-order valence-electron chi connectivity index (χ2n) is 7.33. The van der Waals surface area contributed by atoms with Gasteiger partial charge in [0.15, 0.2) is 5.65 Å². The summed E-state index contributed by atoms with van der Waals surface area (Å²) in [7, 11) is 0. The molecule has 0 unspecified atom stereocenters. The van der Waals surface area contributed by atoms with Crippen molar-refractivity contribution in [2.45, 2.75) is 18.8 Å². The number of thiazole rings is 1. The Morgan fingerprint density at radius 3 is 2.85 bits per heavy atom. The summed E-state index contributed by atoms with van der Waals surface area (Å²) in [5.41, 5.74) is 4.66. The number of para-hydroxylation sites is 1. The lowest BCUT2D eigenvalue weighted by Gasteiger charge is -2.41. The SMILES string of the molecule is c1ccc2sc(C3CN(c4c5c(nc6ccnn46)CCNCC5)C3)nc2c1. The maximum Gasteiger partial charge on any atom is 0.157 e. The molecule has 2 aliphatic rings. The smallest absolute Gasteiger partial charge is 0.157 e. The topological polar surface area (TPSA) is 58.4 Å². The number of aromatic nitrogens is 4. The van der Waals surface area contributed by atoms with E-state index >= 15 is 0 Å². The summed E-state index contributed by atoms with van der Waals surface area (Å²) in [6, 6.07) is 10.4. The van der Waals surface area contributed by atoms with Crippen molar-refractivity contribution in [3.63, 3.8) is 0 Å². The van der Waals surface area contributed by atoms with Gasteiger partial charge in [-0.1, -0.05) is 12.1 Å². The van der Waals surface area contributed by atoms with E-state index in [1.807, 2.05) is 28.1 Å². The lowest BCUT2D eigenvalue weighted by molar-refractivity contribution is 0.510. The zero-order valence-electron chi connectivity index (χ0n) is 14.9. The van der Waals surface area contributed by atoms with Gasteiger partial charge >= 0.3 is 0 Å². The molecule has 4 aromatic rings. The van der Waals surface area contributed by atoms with E-state index in [2.05, 4.69) is 39.6 Å². The Hall–Kier alpha value is -2.51. The molecule has 0 atom stereocenters. The number of anilines is 1. The molecule has 0 saturated carbocycles. The van der Waals surface area contributed by atoms with E-state index in [1.54, 1.807) is 0 Å². The fourth-order valence-electron chi connectivity index (χ4n) is 4.21. The average molecular weight is 376 g/mol. The fraction of sp³-hybridized carbons (Fsp3) is 0.350. The second kappa shape index (κ2) is 6.00. The normalized spacial score (nSPS) is 17.9. The highest BCUT2D eigenvalue weighted by molar-refractivity contribution is 7.18. The predicted molar refractivity (Wildman–Crippen MR) is 108 cm³/mol. The van der Waals surface area contributed by atoms with Gasteiger partial charge in [-0.2, -0.15) is 9.61 Å². The van der Waals surface area contributed by atoms with Crippen molar-refractivity contribution in [2.24, 2.45) is 0 Å². The molecule has 136 valence electrons. The highest BCUT2D eigenvalue weighted by atomic mass is 32.1. The molecule has 2 aliphatic heterocycles. The van der Waals surface area contributed by atoms with E-state index in [1.165, 1.54) is 26.8 Å². The molecule has 3 aromatic heterocycles.